The maximum atomic E-state index is 13.5. The lowest BCUT2D eigenvalue weighted by Gasteiger charge is -2.46. The fourth-order valence-electron chi connectivity index (χ4n) is 4.80. The van der Waals surface area contributed by atoms with E-state index in [0.29, 0.717) is 23.8 Å². The highest BCUT2D eigenvalue weighted by atomic mass is 35.5. The van der Waals surface area contributed by atoms with Gasteiger partial charge in [0.05, 0.1) is 12.5 Å². The van der Waals surface area contributed by atoms with Crippen molar-refractivity contribution >= 4 is 40.3 Å². The van der Waals surface area contributed by atoms with Gasteiger partial charge in [-0.15, -0.1) is 0 Å². The molecule has 3 atom stereocenters. The second-order valence-electron chi connectivity index (χ2n) is 10.2. The first kappa shape index (κ1) is 22.6. The lowest BCUT2D eigenvalue weighted by molar-refractivity contribution is -0.162. The van der Waals surface area contributed by atoms with E-state index in [0.717, 1.165) is 22.2 Å². The zero-order valence-corrected chi connectivity index (χ0v) is 19.9. The van der Waals surface area contributed by atoms with Crippen molar-refractivity contribution in [1.29, 1.82) is 0 Å². The van der Waals surface area contributed by atoms with E-state index < -0.39 is 23.7 Å². The number of piperazine rings is 1. The van der Waals surface area contributed by atoms with Crippen LogP contribution in [0.4, 0.5) is 0 Å². The van der Waals surface area contributed by atoms with Crippen molar-refractivity contribution in [2.75, 3.05) is 0 Å². The highest BCUT2D eigenvalue weighted by Gasteiger charge is 2.49. The molecule has 8 heteroatoms. The second-order valence-corrected chi connectivity index (χ2v) is 10.6. The van der Waals surface area contributed by atoms with E-state index in [1.807, 2.05) is 18.2 Å². The number of fused-ring (bicyclic) bond motifs is 4. The van der Waals surface area contributed by atoms with Crippen LogP contribution in [0.15, 0.2) is 18.2 Å². The fourth-order valence-corrected chi connectivity index (χ4v) is 4.98. The van der Waals surface area contributed by atoms with E-state index >= 15 is 0 Å². The monoisotopic (exact) mass is 459 g/mol. The van der Waals surface area contributed by atoms with E-state index in [2.05, 4.69) is 24.1 Å². The van der Waals surface area contributed by atoms with E-state index in [4.69, 9.17) is 16.3 Å². The van der Waals surface area contributed by atoms with Crippen molar-refractivity contribution in [3.05, 3.63) is 34.5 Å². The third-order valence-corrected chi connectivity index (χ3v) is 6.20. The summed E-state index contributed by atoms with van der Waals surface area (Å²) in [5.74, 6) is -0.689. The third-order valence-electron chi connectivity index (χ3n) is 5.96. The van der Waals surface area contributed by atoms with Gasteiger partial charge in [0.15, 0.2) is 0 Å². The van der Waals surface area contributed by atoms with Gasteiger partial charge in [0.2, 0.25) is 11.8 Å². The maximum Gasteiger partial charge on any atom is 0.308 e. The summed E-state index contributed by atoms with van der Waals surface area (Å²) < 4.78 is 5.38. The molecule has 2 aromatic rings. The molecule has 3 heterocycles. The minimum atomic E-state index is -0.927. The van der Waals surface area contributed by atoms with Crippen LogP contribution < -0.4 is 5.32 Å². The minimum absolute atomic E-state index is 0.186. The summed E-state index contributed by atoms with van der Waals surface area (Å²) in [6.45, 7) is 9.50. The first-order valence-corrected chi connectivity index (χ1v) is 11.5. The first-order chi connectivity index (χ1) is 14.9. The first-order valence-electron chi connectivity index (χ1n) is 11.1. The van der Waals surface area contributed by atoms with Gasteiger partial charge >= 0.3 is 5.97 Å². The van der Waals surface area contributed by atoms with Crippen LogP contribution in [0.25, 0.3) is 10.9 Å². The number of rotatable bonds is 4. The number of nitrogens with zero attached hydrogens (tertiary/aromatic N) is 1. The lowest BCUT2D eigenvalue weighted by Crippen LogP contribution is -2.66. The van der Waals surface area contributed by atoms with Crippen molar-refractivity contribution in [1.82, 2.24) is 15.2 Å². The smallest absolute Gasteiger partial charge is 0.308 e. The Hall–Kier alpha value is -2.54. The number of benzene rings is 1. The number of amides is 2. The molecule has 0 spiro atoms. The summed E-state index contributed by atoms with van der Waals surface area (Å²) in [7, 11) is 0. The van der Waals surface area contributed by atoms with E-state index in [1.165, 1.54) is 0 Å². The standard InChI is InChI=1S/C24H30ClN3O4/c1-12(2)8-18-21-15(14-7-6-13(25)9-16(14)26-21)10-19-22(30)27-17(23(31)28(18)19)11-20(29)32-24(3,4)5/h6-7,9,12,17-19,26H,8,10-11H2,1-5H3,(H,27,30). The SMILES string of the molecule is CC(C)CC1c2[nH]c3cc(Cl)ccc3c2CC2C(=O)NC(CC(=O)OC(C)(C)C)C(=O)N21. The molecule has 2 N–H and O–H groups in total. The summed E-state index contributed by atoms with van der Waals surface area (Å²) in [6.07, 6.45) is 0.930. The molecule has 0 radical (unpaired) electrons. The summed E-state index contributed by atoms with van der Waals surface area (Å²) in [5.41, 5.74) is 2.24. The van der Waals surface area contributed by atoms with Crippen LogP contribution in [0, 0.1) is 5.92 Å². The van der Waals surface area contributed by atoms with Crippen molar-refractivity contribution in [3.63, 3.8) is 0 Å². The Labute approximate surface area is 192 Å². The van der Waals surface area contributed by atoms with Crippen molar-refractivity contribution < 1.29 is 19.1 Å². The van der Waals surface area contributed by atoms with Crippen LogP contribution in [0.2, 0.25) is 5.02 Å². The Kier molecular flexibility index (Phi) is 5.74. The normalized spacial score (nSPS) is 23.2. The van der Waals surface area contributed by atoms with Crippen molar-refractivity contribution in [2.45, 2.75) is 77.6 Å². The number of hydrogen-bond donors (Lipinski definition) is 2. The van der Waals surface area contributed by atoms with Gasteiger partial charge in [-0.2, -0.15) is 0 Å². The number of hydrogen-bond acceptors (Lipinski definition) is 4. The molecule has 7 nitrogen and oxygen atoms in total. The molecule has 4 rings (SSSR count). The predicted octanol–water partition coefficient (Wildman–Crippen LogP) is 3.89. The summed E-state index contributed by atoms with van der Waals surface area (Å²) in [6, 6.07) is 3.85. The molecule has 3 unspecified atom stereocenters. The van der Waals surface area contributed by atoms with Gasteiger partial charge in [0, 0.05) is 28.0 Å². The van der Waals surface area contributed by atoms with Crippen LogP contribution in [-0.2, 0) is 25.5 Å². The van der Waals surface area contributed by atoms with E-state index in [-0.39, 0.29) is 24.3 Å². The molecule has 1 aromatic heterocycles. The molecule has 0 aliphatic carbocycles. The van der Waals surface area contributed by atoms with Gasteiger partial charge in [0.25, 0.3) is 0 Å². The number of halogens is 1. The summed E-state index contributed by atoms with van der Waals surface area (Å²) in [5, 5.41) is 4.42. The van der Waals surface area contributed by atoms with Gasteiger partial charge in [-0.3, -0.25) is 14.4 Å². The molecule has 172 valence electrons. The number of ether oxygens (including phenoxy) is 1. The Balaban J connectivity index is 1.71. The van der Waals surface area contributed by atoms with Crippen molar-refractivity contribution in [3.8, 4) is 0 Å². The van der Waals surface area contributed by atoms with Crippen LogP contribution in [0.1, 0.15) is 64.8 Å². The number of nitrogens with one attached hydrogen (secondary N) is 2. The number of esters is 1. The molecule has 2 amide bonds. The number of carbonyl (C=O) groups excluding carboxylic acids is 3. The Bertz CT molecular complexity index is 1080. The minimum Gasteiger partial charge on any atom is -0.460 e. The Morgan fingerprint density at radius 3 is 2.66 bits per heavy atom. The molecule has 1 aromatic carbocycles. The molecule has 32 heavy (non-hydrogen) atoms. The highest BCUT2D eigenvalue weighted by molar-refractivity contribution is 6.31. The predicted molar refractivity (Wildman–Crippen MR) is 122 cm³/mol. The average molecular weight is 460 g/mol. The zero-order chi connectivity index (χ0) is 23.4. The van der Waals surface area contributed by atoms with Gasteiger partial charge < -0.3 is 19.9 Å². The lowest BCUT2D eigenvalue weighted by atomic mass is 9.85. The Morgan fingerprint density at radius 1 is 1.28 bits per heavy atom. The molecular weight excluding hydrogens is 430 g/mol. The van der Waals surface area contributed by atoms with Gasteiger partial charge in [0.1, 0.15) is 17.7 Å². The average Bonchev–Trinajstić information content (AvgIpc) is 3.01. The number of aromatic nitrogens is 1. The maximum absolute atomic E-state index is 13.5. The number of carbonyl (C=O) groups is 3. The topological polar surface area (TPSA) is 91.5 Å². The molecule has 2 aliphatic heterocycles. The molecular formula is C24H30ClN3O4. The molecule has 2 aliphatic rings. The fraction of sp³-hybridized carbons (Fsp3) is 0.542. The van der Waals surface area contributed by atoms with Crippen molar-refractivity contribution in [2.24, 2.45) is 5.92 Å². The number of aromatic amines is 1. The van der Waals surface area contributed by atoms with Crippen LogP contribution in [-0.4, -0.2) is 45.4 Å². The molecule has 0 bridgehead atoms. The summed E-state index contributed by atoms with van der Waals surface area (Å²) in [4.78, 5) is 44.2. The molecule has 0 saturated carbocycles. The van der Waals surface area contributed by atoms with Gasteiger partial charge in [-0.25, -0.2) is 0 Å². The zero-order valence-electron chi connectivity index (χ0n) is 19.1. The largest absolute Gasteiger partial charge is 0.460 e. The summed E-state index contributed by atoms with van der Waals surface area (Å²) >= 11 is 6.19. The van der Waals surface area contributed by atoms with Crippen LogP contribution in [0.3, 0.4) is 0 Å². The third kappa shape index (κ3) is 4.22. The van der Waals surface area contributed by atoms with Crippen LogP contribution in [0.5, 0.6) is 0 Å². The second kappa shape index (κ2) is 8.10. The highest BCUT2D eigenvalue weighted by Crippen LogP contribution is 2.42. The number of H-pyrrole nitrogens is 1. The Morgan fingerprint density at radius 2 is 2.00 bits per heavy atom. The van der Waals surface area contributed by atoms with E-state index in [9.17, 15) is 14.4 Å². The quantitative estimate of drug-likeness (QED) is 0.678. The molecule has 1 saturated heterocycles. The van der Waals surface area contributed by atoms with E-state index in [1.54, 1.807) is 25.7 Å². The molecule has 1 fully saturated rings. The van der Waals surface area contributed by atoms with Gasteiger partial charge in [-0.1, -0.05) is 31.5 Å². The van der Waals surface area contributed by atoms with Gasteiger partial charge in [-0.05, 0) is 50.8 Å². The van der Waals surface area contributed by atoms with Crippen LogP contribution >= 0.6 is 11.6 Å².